The van der Waals surface area contributed by atoms with Crippen molar-refractivity contribution in [2.75, 3.05) is 19.0 Å². The first kappa shape index (κ1) is 17.2. The van der Waals surface area contributed by atoms with Gasteiger partial charge in [0.05, 0.1) is 30.1 Å². The SMILES string of the molecule is COc1ccc(NC(=O)CN2C(=O)[C@@H]3[C@H]4CC[C@@H](C4)[C@H]3C2=O)c2ncccc12. The van der Waals surface area contributed by atoms with Gasteiger partial charge in [0.25, 0.3) is 0 Å². The highest BCUT2D eigenvalue weighted by molar-refractivity contribution is 6.10. The first-order chi connectivity index (χ1) is 13.6. The highest BCUT2D eigenvalue weighted by Crippen LogP contribution is 2.56. The number of rotatable bonds is 4. The van der Waals surface area contributed by atoms with Gasteiger partial charge in [0, 0.05) is 11.6 Å². The average Bonchev–Trinajstić information content (AvgIpc) is 3.38. The van der Waals surface area contributed by atoms with Crippen molar-refractivity contribution >= 4 is 34.3 Å². The van der Waals surface area contributed by atoms with Gasteiger partial charge in [-0.15, -0.1) is 0 Å². The van der Waals surface area contributed by atoms with Gasteiger partial charge in [0.1, 0.15) is 12.3 Å². The van der Waals surface area contributed by atoms with E-state index in [4.69, 9.17) is 4.74 Å². The second-order valence-corrected chi connectivity index (χ2v) is 7.91. The van der Waals surface area contributed by atoms with Crippen LogP contribution in [0.2, 0.25) is 0 Å². The lowest BCUT2D eigenvalue weighted by Crippen LogP contribution is -2.39. The Morgan fingerprint density at radius 1 is 1.18 bits per heavy atom. The number of carbonyl (C=O) groups is 3. The minimum Gasteiger partial charge on any atom is -0.496 e. The molecule has 7 nitrogen and oxygen atoms in total. The number of methoxy groups -OCH3 is 1. The molecule has 1 aromatic heterocycles. The fourth-order valence-electron chi connectivity index (χ4n) is 5.39. The quantitative estimate of drug-likeness (QED) is 0.823. The van der Waals surface area contributed by atoms with E-state index in [1.807, 2.05) is 6.07 Å². The van der Waals surface area contributed by atoms with Gasteiger partial charge in [-0.3, -0.25) is 24.3 Å². The van der Waals surface area contributed by atoms with E-state index in [1.54, 1.807) is 31.5 Å². The van der Waals surface area contributed by atoms with Gasteiger partial charge >= 0.3 is 0 Å². The summed E-state index contributed by atoms with van der Waals surface area (Å²) in [4.78, 5) is 43.7. The van der Waals surface area contributed by atoms with Crippen molar-refractivity contribution in [3.63, 3.8) is 0 Å². The second kappa shape index (κ2) is 6.29. The second-order valence-electron chi connectivity index (χ2n) is 7.91. The fraction of sp³-hybridized carbons (Fsp3) is 0.429. The van der Waals surface area contributed by atoms with Crippen molar-refractivity contribution in [1.82, 2.24) is 9.88 Å². The standard InChI is InChI=1S/C21H21N3O4/c1-28-15-7-6-14(19-13(15)3-2-8-22-19)23-16(25)10-24-20(26)17-11-4-5-12(9-11)18(17)21(24)27/h2-3,6-8,11-12,17-18H,4-5,9-10H2,1H3,(H,23,25)/t11-,12-,17+,18+/m0/s1. The molecule has 4 atom stereocenters. The third-order valence-corrected chi connectivity index (χ3v) is 6.54. The molecule has 3 aliphatic rings. The first-order valence-corrected chi connectivity index (χ1v) is 9.65. The molecule has 2 bridgehead atoms. The number of anilines is 1. The smallest absolute Gasteiger partial charge is 0.244 e. The normalized spacial score (nSPS) is 28.1. The number of hydrogen-bond donors (Lipinski definition) is 1. The summed E-state index contributed by atoms with van der Waals surface area (Å²) in [5.74, 6) is 0.138. The van der Waals surface area contributed by atoms with Crippen LogP contribution >= 0.6 is 0 Å². The van der Waals surface area contributed by atoms with E-state index >= 15 is 0 Å². The number of hydrogen-bond acceptors (Lipinski definition) is 5. The number of ether oxygens (including phenoxy) is 1. The molecular weight excluding hydrogens is 358 g/mol. The minimum atomic E-state index is -0.397. The number of benzene rings is 1. The van der Waals surface area contributed by atoms with Crippen LogP contribution in [0.1, 0.15) is 19.3 Å². The maximum atomic E-state index is 12.8. The van der Waals surface area contributed by atoms with Crippen LogP contribution in [0.15, 0.2) is 30.5 Å². The molecule has 0 unspecified atom stereocenters. The maximum absolute atomic E-state index is 12.8. The van der Waals surface area contributed by atoms with Gasteiger partial charge in [0.2, 0.25) is 17.7 Å². The van der Waals surface area contributed by atoms with Gasteiger partial charge in [0.15, 0.2) is 0 Å². The molecule has 1 aliphatic heterocycles. The Kier molecular flexibility index (Phi) is 3.86. The molecule has 28 heavy (non-hydrogen) atoms. The molecule has 1 saturated heterocycles. The summed E-state index contributed by atoms with van der Waals surface area (Å²) in [6, 6.07) is 7.13. The van der Waals surface area contributed by atoms with Crippen LogP contribution in [0.3, 0.4) is 0 Å². The topological polar surface area (TPSA) is 88.6 Å². The van der Waals surface area contributed by atoms with Crippen LogP contribution in [-0.4, -0.2) is 41.3 Å². The fourth-order valence-corrected chi connectivity index (χ4v) is 5.39. The van der Waals surface area contributed by atoms with Crippen LogP contribution in [0.4, 0.5) is 5.69 Å². The Morgan fingerprint density at radius 2 is 1.89 bits per heavy atom. The van der Waals surface area contributed by atoms with Crippen LogP contribution in [-0.2, 0) is 14.4 Å². The van der Waals surface area contributed by atoms with Crippen LogP contribution in [0.5, 0.6) is 5.75 Å². The van der Waals surface area contributed by atoms with Crippen LogP contribution < -0.4 is 10.1 Å². The Balaban J connectivity index is 1.36. The Labute approximate surface area is 162 Å². The Bertz CT molecular complexity index is 976. The van der Waals surface area contributed by atoms with E-state index in [9.17, 15) is 14.4 Å². The zero-order valence-electron chi connectivity index (χ0n) is 15.6. The number of fused-ring (bicyclic) bond motifs is 6. The lowest BCUT2D eigenvalue weighted by Gasteiger charge is -2.19. The summed E-state index contributed by atoms with van der Waals surface area (Å²) in [5, 5.41) is 3.58. The molecule has 0 radical (unpaired) electrons. The lowest BCUT2D eigenvalue weighted by atomic mass is 9.81. The lowest BCUT2D eigenvalue weighted by molar-refractivity contribution is -0.143. The van der Waals surface area contributed by atoms with Gasteiger partial charge < -0.3 is 10.1 Å². The zero-order valence-corrected chi connectivity index (χ0v) is 15.6. The van der Waals surface area contributed by atoms with Crippen molar-refractivity contribution in [3.8, 4) is 5.75 Å². The average molecular weight is 379 g/mol. The highest BCUT2D eigenvalue weighted by Gasteiger charge is 2.60. The molecule has 2 aliphatic carbocycles. The zero-order chi connectivity index (χ0) is 19.4. The van der Waals surface area contributed by atoms with Gasteiger partial charge in [-0.1, -0.05) is 0 Å². The molecule has 5 rings (SSSR count). The molecule has 3 amide bonds. The molecular formula is C21H21N3O4. The summed E-state index contributed by atoms with van der Waals surface area (Å²) in [6.07, 6.45) is 4.67. The highest BCUT2D eigenvalue weighted by atomic mass is 16.5. The molecule has 2 heterocycles. The largest absolute Gasteiger partial charge is 0.496 e. The molecule has 1 N–H and O–H groups in total. The van der Waals surface area contributed by atoms with Gasteiger partial charge in [-0.25, -0.2) is 0 Å². The van der Waals surface area contributed by atoms with Crippen LogP contribution in [0, 0.1) is 23.7 Å². The maximum Gasteiger partial charge on any atom is 0.244 e. The summed E-state index contributed by atoms with van der Waals surface area (Å²) in [6.45, 7) is -0.246. The van der Waals surface area contributed by atoms with Crippen molar-refractivity contribution < 1.29 is 19.1 Å². The number of aromatic nitrogens is 1. The Morgan fingerprint density at radius 3 is 2.57 bits per heavy atom. The van der Waals surface area contributed by atoms with E-state index in [2.05, 4.69) is 10.3 Å². The molecule has 144 valence electrons. The van der Waals surface area contributed by atoms with Gasteiger partial charge in [-0.2, -0.15) is 0 Å². The number of amides is 3. The van der Waals surface area contributed by atoms with E-state index in [0.29, 0.717) is 28.8 Å². The number of likely N-dealkylation sites (tertiary alicyclic amines) is 1. The number of imide groups is 1. The molecule has 0 spiro atoms. The van der Waals surface area contributed by atoms with E-state index in [1.165, 1.54) is 0 Å². The number of nitrogens with zero attached hydrogens (tertiary/aromatic N) is 2. The summed E-state index contributed by atoms with van der Waals surface area (Å²) in [7, 11) is 1.58. The first-order valence-electron chi connectivity index (χ1n) is 9.65. The van der Waals surface area contributed by atoms with Crippen molar-refractivity contribution in [2.24, 2.45) is 23.7 Å². The molecule has 7 heteroatoms. The van der Waals surface area contributed by atoms with E-state index in [-0.39, 0.29) is 30.2 Å². The third kappa shape index (κ3) is 2.42. The third-order valence-electron chi connectivity index (χ3n) is 6.54. The predicted octanol–water partition coefficient (Wildman–Crippen LogP) is 2.21. The molecule has 2 saturated carbocycles. The van der Waals surface area contributed by atoms with E-state index < -0.39 is 5.91 Å². The Hall–Kier alpha value is -2.96. The molecule has 2 aromatic rings. The number of nitrogens with one attached hydrogen (secondary N) is 1. The summed E-state index contributed by atoms with van der Waals surface area (Å²) < 4.78 is 5.34. The molecule has 1 aromatic carbocycles. The molecule has 3 fully saturated rings. The minimum absolute atomic E-state index is 0.171. The monoisotopic (exact) mass is 379 g/mol. The van der Waals surface area contributed by atoms with Crippen molar-refractivity contribution in [3.05, 3.63) is 30.5 Å². The van der Waals surface area contributed by atoms with Gasteiger partial charge in [-0.05, 0) is 55.4 Å². The van der Waals surface area contributed by atoms with Crippen molar-refractivity contribution in [1.29, 1.82) is 0 Å². The predicted molar refractivity (Wildman–Crippen MR) is 101 cm³/mol. The van der Waals surface area contributed by atoms with E-state index in [0.717, 1.165) is 29.5 Å². The van der Waals surface area contributed by atoms with Crippen molar-refractivity contribution in [2.45, 2.75) is 19.3 Å². The summed E-state index contributed by atoms with van der Waals surface area (Å²) >= 11 is 0. The number of pyridine rings is 1. The van der Waals surface area contributed by atoms with Crippen LogP contribution in [0.25, 0.3) is 10.9 Å². The number of carbonyl (C=O) groups excluding carboxylic acids is 3. The summed E-state index contributed by atoms with van der Waals surface area (Å²) in [5.41, 5.74) is 1.13.